The molecule has 1 fully saturated rings. The van der Waals surface area contributed by atoms with E-state index in [9.17, 15) is 13.5 Å². The predicted molar refractivity (Wildman–Crippen MR) is 50.8 cm³/mol. The number of rotatable bonds is 2. The molecule has 80 valence electrons. The first-order valence-electron chi connectivity index (χ1n) is 4.44. The summed E-state index contributed by atoms with van der Waals surface area (Å²) in [6.07, 6.45) is 0.856. The summed E-state index contributed by atoms with van der Waals surface area (Å²) in [5.41, 5.74) is -0.765. The zero-order chi connectivity index (χ0) is 10.8. The summed E-state index contributed by atoms with van der Waals surface area (Å²) in [4.78, 5) is 0. The van der Waals surface area contributed by atoms with E-state index in [1.165, 1.54) is 4.31 Å². The van der Waals surface area contributed by atoms with Gasteiger partial charge in [-0.15, -0.1) is 0 Å². The summed E-state index contributed by atoms with van der Waals surface area (Å²) in [5.74, 6) is -0.477. The Labute approximate surface area is 84.0 Å². The van der Waals surface area contributed by atoms with Gasteiger partial charge in [-0.25, -0.2) is 12.7 Å². The average molecular weight is 218 g/mol. The number of nitrogens with zero attached hydrogens (tertiary/aromatic N) is 2. The van der Waals surface area contributed by atoms with Gasteiger partial charge in [-0.3, -0.25) is 0 Å². The molecule has 0 aromatic rings. The van der Waals surface area contributed by atoms with Crippen molar-refractivity contribution in [1.82, 2.24) is 4.31 Å². The van der Waals surface area contributed by atoms with E-state index in [-0.39, 0.29) is 0 Å². The van der Waals surface area contributed by atoms with Gasteiger partial charge in [0.2, 0.25) is 10.0 Å². The van der Waals surface area contributed by atoms with Crippen molar-refractivity contribution in [2.24, 2.45) is 0 Å². The Kier molecular flexibility index (Phi) is 3.14. The smallest absolute Gasteiger partial charge is 0.227 e. The Morgan fingerprint density at radius 3 is 2.43 bits per heavy atom. The van der Waals surface area contributed by atoms with Crippen LogP contribution in [0.15, 0.2) is 0 Å². The third-order valence-corrected chi connectivity index (χ3v) is 4.09. The Bertz CT molecular complexity index is 332. The quantitative estimate of drug-likeness (QED) is 0.689. The Morgan fingerprint density at radius 2 is 2.00 bits per heavy atom. The minimum Gasteiger partial charge on any atom is -0.390 e. The largest absolute Gasteiger partial charge is 0.390 e. The molecule has 0 atom stereocenters. The third kappa shape index (κ3) is 2.67. The molecule has 0 spiro atoms. The highest BCUT2D eigenvalue weighted by Crippen LogP contribution is 2.22. The number of nitriles is 1. The summed E-state index contributed by atoms with van der Waals surface area (Å²) in [6.45, 7) is 2.30. The van der Waals surface area contributed by atoms with E-state index in [0.29, 0.717) is 25.9 Å². The van der Waals surface area contributed by atoms with Crippen LogP contribution in [0.3, 0.4) is 0 Å². The van der Waals surface area contributed by atoms with E-state index in [1.54, 1.807) is 13.0 Å². The number of sulfonamides is 1. The monoisotopic (exact) mass is 218 g/mol. The van der Waals surface area contributed by atoms with Crippen LogP contribution in [-0.2, 0) is 10.0 Å². The third-order valence-electron chi connectivity index (χ3n) is 2.44. The van der Waals surface area contributed by atoms with Crippen molar-refractivity contribution < 1.29 is 13.5 Å². The fraction of sp³-hybridized carbons (Fsp3) is 0.875. The lowest BCUT2D eigenvalue weighted by Crippen LogP contribution is -2.45. The van der Waals surface area contributed by atoms with Gasteiger partial charge in [0, 0.05) is 13.1 Å². The van der Waals surface area contributed by atoms with Crippen molar-refractivity contribution in [2.45, 2.75) is 25.4 Å². The molecule has 0 unspecified atom stereocenters. The molecule has 1 heterocycles. The molecule has 1 rings (SSSR count). The Hall–Kier alpha value is -0.640. The fourth-order valence-corrected chi connectivity index (χ4v) is 2.50. The van der Waals surface area contributed by atoms with Crippen LogP contribution in [-0.4, -0.2) is 42.3 Å². The van der Waals surface area contributed by atoms with Crippen molar-refractivity contribution in [3.8, 4) is 6.07 Å². The molecule has 0 aromatic heterocycles. The van der Waals surface area contributed by atoms with Gasteiger partial charge in [0.25, 0.3) is 0 Å². The molecule has 0 saturated carbocycles. The van der Waals surface area contributed by atoms with Crippen LogP contribution in [0.4, 0.5) is 0 Å². The maximum absolute atomic E-state index is 11.4. The van der Waals surface area contributed by atoms with E-state index >= 15 is 0 Å². The fourth-order valence-electron chi connectivity index (χ4n) is 1.42. The first-order valence-corrected chi connectivity index (χ1v) is 6.05. The van der Waals surface area contributed by atoms with Crippen molar-refractivity contribution in [1.29, 1.82) is 5.26 Å². The van der Waals surface area contributed by atoms with E-state index in [0.717, 1.165) is 0 Å². The highest BCUT2D eigenvalue weighted by atomic mass is 32.2. The molecule has 1 saturated heterocycles. The maximum Gasteiger partial charge on any atom is 0.227 e. The lowest BCUT2D eigenvalue weighted by Gasteiger charge is -2.34. The molecular formula is C8H14N2O3S. The molecule has 5 nitrogen and oxygen atoms in total. The first kappa shape index (κ1) is 11.4. The normalized spacial score (nSPS) is 22.9. The average Bonchev–Trinajstić information content (AvgIpc) is 2.03. The minimum atomic E-state index is -3.42. The van der Waals surface area contributed by atoms with Crippen LogP contribution < -0.4 is 0 Å². The van der Waals surface area contributed by atoms with Gasteiger partial charge in [0.1, 0.15) is 0 Å². The summed E-state index contributed by atoms with van der Waals surface area (Å²) in [5, 5.41) is 17.9. The van der Waals surface area contributed by atoms with Gasteiger partial charge in [0.15, 0.2) is 5.75 Å². The second-order valence-corrected chi connectivity index (χ2v) is 5.78. The zero-order valence-electron chi connectivity index (χ0n) is 8.10. The summed E-state index contributed by atoms with van der Waals surface area (Å²) in [6, 6.07) is 1.63. The standard InChI is InChI=1S/C8H14N2O3S/c1-8(11)2-5-10(6-3-8)14(12,13)7-4-9/h11H,2-3,5-7H2,1H3. The number of aliphatic hydroxyl groups is 1. The Morgan fingerprint density at radius 1 is 1.50 bits per heavy atom. The molecule has 0 amide bonds. The second kappa shape index (κ2) is 3.85. The predicted octanol–water partition coefficient (Wildman–Crippen LogP) is -0.313. The Balaban J connectivity index is 2.63. The first-order chi connectivity index (χ1) is 6.37. The van der Waals surface area contributed by atoms with Gasteiger partial charge >= 0.3 is 0 Å². The highest BCUT2D eigenvalue weighted by Gasteiger charge is 2.32. The molecule has 6 heteroatoms. The van der Waals surface area contributed by atoms with Crippen molar-refractivity contribution >= 4 is 10.0 Å². The van der Waals surface area contributed by atoms with Crippen LogP contribution >= 0.6 is 0 Å². The van der Waals surface area contributed by atoms with Crippen LogP contribution in [0, 0.1) is 11.3 Å². The molecule has 1 N–H and O–H groups in total. The van der Waals surface area contributed by atoms with E-state index in [4.69, 9.17) is 5.26 Å². The maximum atomic E-state index is 11.4. The van der Waals surface area contributed by atoms with Gasteiger partial charge in [0.05, 0.1) is 11.7 Å². The molecular weight excluding hydrogens is 204 g/mol. The second-order valence-electron chi connectivity index (χ2n) is 3.81. The van der Waals surface area contributed by atoms with Crippen LogP contribution in [0.2, 0.25) is 0 Å². The number of hydrogen-bond acceptors (Lipinski definition) is 4. The highest BCUT2D eigenvalue weighted by molar-refractivity contribution is 7.89. The number of piperidine rings is 1. The molecule has 1 aliphatic heterocycles. The van der Waals surface area contributed by atoms with Gasteiger partial charge in [-0.05, 0) is 19.8 Å². The van der Waals surface area contributed by atoms with Crippen molar-refractivity contribution in [2.75, 3.05) is 18.8 Å². The summed E-state index contributed by atoms with van der Waals surface area (Å²) >= 11 is 0. The van der Waals surface area contributed by atoms with E-state index in [2.05, 4.69) is 0 Å². The van der Waals surface area contributed by atoms with Gasteiger partial charge < -0.3 is 5.11 Å². The lowest BCUT2D eigenvalue weighted by molar-refractivity contribution is 0.0127. The molecule has 14 heavy (non-hydrogen) atoms. The van der Waals surface area contributed by atoms with Gasteiger partial charge in [-0.1, -0.05) is 0 Å². The molecule has 0 bridgehead atoms. The summed E-state index contributed by atoms with van der Waals surface area (Å²) < 4.78 is 24.1. The molecule has 0 aliphatic carbocycles. The lowest BCUT2D eigenvalue weighted by atomic mass is 9.95. The molecule has 0 aromatic carbocycles. The van der Waals surface area contributed by atoms with Crippen LogP contribution in [0.1, 0.15) is 19.8 Å². The van der Waals surface area contributed by atoms with E-state index in [1.807, 2.05) is 0 Å². The van der Waals surface area contributed by atoms with Crippen LogP contribution in [0.25, 0.3) is 0 Å². The van der Waals surface area contributed by atoms with Crippen molar-refractivity contribution in [3.05, 3.63) is 0 Å². The SMILES string of the molecule is CC1(O)CCN(S(=O)(=O)CC#N)CC1. The van der Waals surface area contributed by atoms with Crippen LogP contribution in [0.5, 0.6) is 0 Å². The topological polar surface area (TPSA) is 81.4 Å². The molecule has 0 radical (unpaired) electrons. The van der Waals surface area contributed by atoms with E-state index < -0.39 is 21.4 Å². The van der Waals surface area contributed by atoms with Crippen molar-refractivity contribution in [3.63, 3.8) is 0 Å². The molecule has 1 aliphatic rings. The van der Waals surface area contributed by atoms with Gasteiger partial charge in [-0.2, -0.15) is 5.26 Å². The number of hydrogen-bond donors (Lipinski definition) is 1. The zero-order valence-corrected chi connectivity index (χ0v) is 8.92. The summed E-state index contributed by atoms with van der Waals surface area (Å²) in [7, 11) is -3.42. The minimum absolute atomic E-state index is 0.303.